The van der Waals surface area contributed by atoms with Gasteiger partial charge in [0.1, 0.15) is 24.6 Å². The molecule has 1 N–H and O–H groups in total. The third kappa shape index (κ3) is 3.91. The monoisotopic (exact) mass is 395 g/mol. The molecule has 9 nitrogen and oxygen atoms in total. The van der Waals surface area contributed by atoms with Crippen LogP contribution in [0.2, 0.25) is 0 Å². The molecular formula is C16H16F3N7O2. The average molecular weight is 395 g/mol. The van der Waals surface area contributed by atoms with Gasteiger partial charge in [-0.15, -0.1) is 0 Å². The summed E-state index contributed by atoms with van der Waals surface area (Å²) in [6.07, 6.45) is 1.77. The van der Waals surface area contributed by atoms with E-state index in [1.165, 1.54) is 4.90 Å². The van der Waals surface area contributed by atoms with Gasteiger partial charge in [0.15, 0.2) is 5.82 Å². The van der Waals surface area contributed by atoms with Crippen LogP contribution in [0.15, 0.2) is 37.1 Å². The number of alkyl halides is 3. The summed E-state index contributed by atoms with van der Waals surface area (Å²) in [5.41, 5.74) is 1.22. The van der Waals surface area contributed by atoms with E-state index in [0.717, 1.165) is 6.33 Å². The largest absolute Gasteiger partial charge is 0.408 e. The fourth-order valence-corrected chi connectivity index (χ4v) is 2.97. The molecule has 148 valence electrons. The first kappa shape index (κ1) is 18.2. The number of hydrogen-bond acceptors (Lipinski definition) is 5. The van der Waals surface area contributed by atoms with Crippen LogP contribution >= 0.6 is 0 Å². The molecule has 28 heavy (non-hydrogen) atoms. The van der Waals surface area contributed by atoms with Gasteiger partial charge in [-0.25, -0.2) is 19.4 Å². The Morgan fingerprint density at radius 2 is 2.18 bits per heavy atom. The van der Waals surface area contributed by atoms with E-state index in [2.05, 4.69) is 20.4 Å². The van der Waals surface area contributed by atoms with Crippen molar-refractivity contribution in [3.63, 3.8) is 0 Å². The lowest BCUT2D eigenvalue weighted by Crippen LogP contribution is -2.45. The number of morpholine rings is 1. The predicted octanol–water partition coefficient (Wildman–Crippen LogP) is 2.09. The molecule has 0 saturated carbocycles. The summed E-state index contributed by atoms with van der Waals surface area (Å²) in [5.74, 6) is 0.0998. The number of halogens is 3. The summed E-state index contributed by atoms with van der Waals surface area (Å²) in [5, 5.41) is 6.64. The second kappa shape index (κ2) is 7.11. The number of hydrogen-bond donors (Lipinski definition) is 1. The smallest absolute Gasteiger partial charge is 0.377 e. The molecule has 1 aliphatic heterocycles. The van der Waals surface area contributed by atoms with Gasteiger partial charge >= 0.3 is 12.2 Å². The van der Waals surface area contributed by atoms with Crippen molar-refractivity contribution < 1.29 is 22.7 Å². The second-order valence-corrected chi connectivity index (χ2v) is 6.24. The minimum absolute atomic E-state index is 0.0998. The predicted molar refractivity (Wildman–Crippen MR) is 90.6 cm³/mol. The van der Waals surface area contributed by atoms with Crippen LogP contribution in [0, 0.1) is 0 Å². The van der Waals surface area contributed by atoms with Gasteiger partial charge < -0.3 is 19.4 Å². The summed E-state index contributed by atoms with van der Waals surface area (Å²) in [7, 11) is 0. The molecule has 4 heterocycles. The zero-order valence-electron chi connectivity index (χ0n) is 14.5. The normalized spacial score (nSPS) is 17.8. The van der Waals surface area contributed by atoms with Crippen molar-refractivity contribution in [3.8, 4) is 0 Å². The Kier molecular flexibility index (Phi) is 4.63. The van der Waals surface area contributed by atoms with Crippen LogP contribution in [-0.4, -0.2) is 61.0 Å². The molecule has 0 aliphatic carbocycles. The minimum Gasteiger partial charge on any atom is -0.377 e. The molecule has 0 bridgehead atoms. The van der Waals surface area contributed by atoms with Crippen molar-refractivity contribution in [1.29, 1.82) is 0 Å². The van der Waals surface area contributed by atoms with Gasteiger partial charge in [0.05, 0.1) is 13.2 Å². The van der Waals surface area contributed by atoms with Gasteiger partial charge in [-0.05, 0) is 6.07 Å². The maximum atomic E-state index is 12.8. The Morgan fingerprint density at radius 1 is 1.32 bits per heavy atom. The first-order valence-corrected chi connectivity index (χ1v) is 8.43. The van der Waals surface area contributed by atoms with Gasteiger partial charge in [0, 0.05) is 36.9 Å². The maximum absolute atomic E-state index is 12.8. The van der Waals surface area contributed by atoms with E-state index in [1.54, 1.807) is 35.1 Å². The quantitative estimate of drug-likeness (QED) is 0.734. The zero-order chi connectivity index (χ0) is 19.7. The van der Waals surface area contributed by atoms with Crippen molar-refractivity contribution in [1.82, 2.24) is 29.0 Å². The van der Waals surface area contributed by atoms with Gasteiger partial charge in [0.2, 0.25) is 0 Å². The molecule has 1 unspecified atom stereocenters. The number of pyridine rings is 1. The van der Waals surface area contributed by atoms with Crippen LogP contribution in [0.3, 0.4) is 0 Å². The third-order valence-electron chi connectivity index (χ3n) is 4.23. The zero-order valence-corrected chi connectivity index (χ0v) is 14.5. The molecule has 3 aromatic rings. The summed E-state index contributed by atoms with van der Waals surface area (Å²) in [6, 6.07) is 2.33. The third-order valence-corrected chi connectivity index (χ3v) is 4.23. The van der Waals surface area contributed by atoms with Crippen LogP contribution in [0.4, 0.5) is 23.7 Å². The molecule has 1 fully saturated rings. The highest BCUT2D eigenvalue weighted by Crippen LogP contribution is 2.24. The number of nitrogens with zero attached hydrogens (tertiary/aromatic N) is 6. The Morgan fingerprint density at radius 3 is 3.00 bits per heavy atom. The number of imidazole rings is 1. The molecule has 4 rings (SSSR count). The van der Waals surface area contributed by atoms with Crippen LogP contribution in [0.1, 0.15) is 11.9 Å². The first-order chi connectivity index (χ1) is 13.4. The SMILES string of the molecule is O=C(Nc1ccn2ccnc2c1)N1CCOCC1c1ncn(CC(F)(F)F)n1. The standard InChI is InChI=1S/C16H16F3N7O2/c17-16(18,19)9-25-10-21-14(23-25)12-8-28-6-5-26(12)15(27)22-11-1-3-24-4-2-20-13(24)7-11/h1-4,7,10,12H,5-6,8-9H2,(H,22,27). The van der Waals surface area contributed by atoms with Gasteiger partial charge in [-0.3, -0.25) is 0 Å². The van der Waals surface area contributed by atoms with Crippen LogP contribution in [-0.2, 0) is 11.3 Å². The van der Waals surface area contributed by atoms with Crippen molar-refractivity contribution in [3.05, 3.63) is 42.9 Å². The number of fused-ring (bicyclic) bond motifs is 1. The average Bonchev–Trinajstić information content (AvgIpc) is 3.29. The highest BCUT2D eigenvalue weighted by atomic mass is 19.4. The molecule has 2 amide bonds. The number of rotatable bonds is 3. The summed E-state index contributed by atoms with van der Waals surface area (Å²) in [6.45, 7) is -0.574. The Hall–Kier alpha value is -3.15. The lowest BCUT2D eigenvalue weighted by molar-refractivity contribution is -0.142. The van der Waals surface area contributed by atoms with E-state index in [0.29, 0.717) is 22.6 Å². The van der Waals surface area contributed by atoms with E-state index < -0.39 is 24.8 Å². The highest BCUT2D eigenvalue weighted by Gasteiger charge is 2.33. The van der Waals surface area contributed by atoms with Gasteiger partial charge in [0.25, 0.3) is 0 Å². The van der Waals surface area contributed by atoms with Crippen molar-refractivity contribution in [2.75, 3.05) is 25.1 Å². The van der Waals surface area contributed by atoms with Crippen LogP contribution < -0.4 is 5.32 Å². The molecule has 1 saturated heterocycles. The number of carbonyl (C=O) groups excluding carboxylic acids is 1. The Labute approximate surface area is 156 Å². The Balaban J connectivity index is 1.50. The van der Waals surface area contributed by atoms with E-state index in [9.17, 15) is 18.0 Å². The number of amides is 2. The van der Waals surface area contributed by atoms with Crippen LogP contribution in [0.25, 0.3) is 5.65 Å². The van der Waals surface area contributed by atoms with Crippen molar-refractivity contribution >= 4 is 17.4 Å². The number of aromatic nitrogens is 5. The van der Waals surface area contributed by atoms with Crippen molar-refractivity contribution in [2.45, 2.75) is 18.8 Å². The number of anilines is 1. The minimum atomic E-state index is -4.41. The molecule has 1 atom stereocenters. The summed E-state index contributed by atoms with van der Waals surface area (Å²) in [4.78, 5) is 22.3. The lowest BCUT2D eigenvalue weighted by Gasteiger charge is -2.33. The number of carbonyl (C=O) groups is 1. The molecular weight excluding hydrogens is 379 g/mol. The van der Waals surface area contributed by atoms with Gasteiger partial charge in [-0.2, -0.15) is 18.3 Å². The molecule has 0 aromatic carbocycles. The topological polar surface area (TPSA) is 89.6 Å². The van der Waals surface area contributed by atoms with Crippen LogP contribution in [0.5, 0.6) is 0 Å². The molecule has 1 aliphatic rings. The number of nitrogens with one attached hydrogen (secondary N) is 1. The highest BCUT2D eigenvalue weighted by molar-refractivity contribution is 5.90. The van der Waals surface area contributed by atoms with E-state index in [4.69, 9.17) is 4.74 Å². The van der Waals surface area contributed by atoms with E-state index >= 15 is 0 Å². The first-order valence-electron chi connectivity index (χ1n) is 8.43. The van der Waals surface area contributed by atoms with Gasteiger partial charge in [-0.1, -0.05) is 0 Å². The second-order valence-electron chi connectivity index (χ2n) is 6.24. The molecule has 0 spiro atoms. The van der Waals surface area contributed by atoms with E-state index in [-0.39, 0.29) is 19.0 Å². The number of urea groups is 1. The summed E-state index contributed by atoms with van der Waals surface area (Å²) < 4.78 is 45.5. The fourth-order valence-electron chi connectivity index (χ4n) is 2.97. The maximum Gasteiger partial charge on any atom is 0.408 e. The Bertz CT molecular complexity index is 984. The van der Waals surface area contributed by atoms with Crippen molar-refractivity contribution in [2.24, 2.45) is 0 Å². The molecule has 0 radical (unpaired) electrons. The fraction of sp³-hybridized carbons (Fsp3) is 0.375. The molecule has 12 heteroatoms. The molecule has 3 aromatic heterocycles. The summed E-state index contributed by atoms with van der Waals surface area (Å²) >= 11 is 0. The van der Waals surface area contributed by atoms with E-state index in [1.807, 2.05) is 0 Å². The lowest BCUT2D eigenvalue weighted by atomic mass is 10.2. The number of ether oxygens (including phenoxy) is 1.